The number of ketones is 2. The number of allylic oxidation sites excluding steroid dienone is 7. The fourth-order valence-corrected chi connectivity index (χ4v) is 7.55. The van der Waals surface area contributed by atoms with E-state index < -0.39 is 27.9 Å². The quantitative estimate of drug-likeness (QED) is 0.225. The smallest absolute Gasteiger partial charge is 0.176 e. The lowest BCUT2D eigenvalue weighted by Crippen LogP contribution is -2.67. The molecule has 1 saturated carbocycles. The molecule has 3 aliphatic rings. The summed E-state index contributed by atoms with van der Waals surface area (Å²) in [5.41, 5.74) is 1.52. The topological polar surface area (TPSA) is 63.6 Å². The second-order valence-electron chi connectivity index (χ2n) is 14.8. The highest BCUT2D eigenvalue weighted by molar-refractivity contribution is 6.21. The van der Waals surface area contributed by atoms with Gasteiger partial charge in [-0.25, -0.2) is 0 Å². The van der Waals surface area contributed by atoms with Crippen LogP contribution in [-0.2, 0) is 20.7 Å². The van der Waals surface area contributed by atoms with Crippen molar-refractivity contribution >= 4 is 11.6 Å². The van der Waals surface area contributed by atoms with E-state index in [2.05, 4.69) is 66.7 Å². The summed E-state index contributed by atoms with van der Waals surface area (Å²) in [6, 6.07) is 10.0. The number of fused-ring (bicyclic) bond motifs is 3. The number of Topliss-reactive ketones (excluding diaryl/α,β-unsaturated/α-hetero) is 2. The molecule has 4 rings (SSSR count). The molecule has 2 bridgehead atoms. The highest BCUT2D eigenvalue weighted by atomic mass is 16.5. The van der Waals surface area contributed by atoms with Gasteiger partial charge in [0.15, 0.2) is 11.6 Å². The molecule has 0 aromatic heterocycles. The first kappa shape index (κ1) is 32.2. The van der Waals surface area contributed by atoms with Gasteiger partial charge < -0.3 is 9.84 Å². The summed E-state index contributed by atoms with van der Waals surface area (Å²) in [7, 11) is 0. The number of benzene rings is 1. The predicted molar refractivity (Wildman–Crippen MR) is 171 cm³/mol. The minimum Gasteiger partial charge on any atom is -0.490 e. The first-order valence-corrected chi connectivity index (χ1v) is 15.7. The number of hydrogen-bond donors (Lipinski definition) is 1. The maximum atomic E-state index is 15.3. The zero-order chi connectivity index (χ0) is 31.1. The van der Waals surface area contributed by atoms with Gasteiger partial charge in [-0.05, 0) is 104 Å². The fraction of sp³-hybridized carbons (Fsp3) is 0.579. The Balaban J connectivity index is 1.93. The van der Waals surface area contributed by atoms with Crippen molar-refractivity contribution in [2.24, 2.45) is 22.2 Å². The Morgan fingerprint density at radius 3 is 2.24 bits per heavy atom. The molecule has 2 aliphatic carbocycles. The molecule has 2 unspecified atom stereocenters. The first-order chi connectivity index (χ1) is 19.6. The molecule has 1 aromatic rings. The van der Waals surface area contributed by atoms with Crippen LogP contribution in [0.1, 0.15) is 106 Å². The molecule has 0 amide bonds. The van der Waals surface area contributed by atoms with Crippen molar-refractivity contribution in [1.82, 2.24) is 0 Å². The van der Waals surface area contributed by atoms with Crippen molar-refractivity contribution in [3.05, 3.63) is 82.2 Å². The molecule has 0 radical (unpaired) electrons. The summed E-state index contributed by atoms with van der Waals surface area (Å²) in [5, 5.41) is 11.0. The molecule has 228 valence electrons. The second-order valence-corrected chi connectivity index (χ2v) is 14.8. The molecule has 4 heteroatoms. The van der Waals surface area contributed by atoms with Crippen LogP contribution in [0.4, 0.5) is 0 Å². The number of ether oxygens (including phenoxy) is 1. The van der Waals surface area contributed by atoms with E-state index in [4.69, 9.17) is 4.74 Å². The van der Waals surface area contributed by atoms with Crippen LogP contribution in [0.15, 0.2) is 76.6 Å². The maximum absolute atomic E-state index is 15.3. The highest BCUT2D eigenvalue weighted by Gasteiger charge is 2.73. The van der Waals surface area contributed by atoms with E-state index in [-0.39, 0.29) is 17.5 Å². The zero-order valence-corrected chi connectivity index (χ0v) is 27.4. The van der Waals surface area contributed by atoms with E-state index in [0.29, 0.717) is 37.0 Å². The molecule has 1 aliphatic heterocycles. The Labute approximate surface area is 254 Å². The van der Waals surface area contributed by atoms with Gasteiger partial charge in [0.1, 0.15) is 17.3 Å². The summed E-state index contributed by atoms with van der Waals surface area (Å²) in [6.07, 6.45) is 10.7. The standard InChI is InChI=1S/C38H52O4/c1-25(2)14-13-15-27(5)20-21-37-24-29(19-18-26(3)4)35(6,7)38(34(37)40,23-28-16-11-10-12-17-28)32(39)30-22-31(36(8,9)41)42-33(30)37/h10-12,14,16-18,20,29,31,41H,13,15,19,21-24H2,1-9H3/b27-20+/t29?,31?,37-,38+/m0/s1. The van der Waals surface area contributed by atoms with Crippen LogP contribution in [0.5, 0.6) is 0 Å². The van der Waals surface area contributed by atoms with Crippen LogP contribution >= 0.6 is 0 Å². The monoisotopic (exact) mass is 572 g/mol. The van der Waals surface area contributed by atoms with Gasteiger partial charge in [-0.3, -0.25) is 9.59 Å². The van der Waals surface area contributed by atoms with E-state index in [1.54, 1.807) is 13.8 Å². The lowest BCUT2D eigenvalue weighted by Gasteiger charge is -2.60. The molecule has 4 atom stereocenters. The van der Waals surface area contributed by atoms with Gasteiger partial charge in [0.2, 0.25) is 0 Å². The van der Waals surface area contributed by atoms with Gasteiger partial charge in [0.05, 0.1) is 11.0 Å². The van der Waals surface area contributed by atoms with Crippen LogP contribution in [0.3, 0.4) is 0 Å². The zero-order valence-electron chi connectivity index (χ0n) is 27.4. The average molecular weight is 573 g/mol. The van der Waals surface area contributed by atoms with Crippen molar-refractivity contribution in [3.8, 4) is 0 Å². The Morgan fingerprint density at radius 1 is 1.00 bits per heavy atom. The van der Waals surface area contributed by atoms with Crippen LogP contribution in [0, 0.1) is 22.2 Å². The van der Waals surface area contributed by atoms with Crippen molar-refractivity contribution in [2.75, 3.05) is 0 Å². The van der Waals surface area contributed by atoms with Gasteiger partial charge in [-0.15, -0.1) is 0 Å². The molecule has 0 spiro atoms. The summed E-state index contributed by atoms with van der Waals surface area (Å²) >= 11 is 0. The van der Waals surface area contributed by atoms with E-state index in [1.165, 1.54) is 16.7 Å². The molecule has 4 nitrogen and oxygen atoms in total. The largest absolute Gasteiger partial charge is 0.490 e. The summed E-state index contributed by atoms with van der Waals surface area (Å²) in [5.74, 6) is 0.547. The number of aliphatic hydroxyl groups is 1. The Kier molecular flexibility index (Phi) is 9.01. The molecule has 1 aromatic carbocycles. The third-order valence-corrected chi connectivity index (χ3v) is 10.4. The molecule has 0 saturated heterocycles. The third kappa shape index (κ3) is 5.64. The van der Waals surface area contributed by atoms with Crippen molar-refractivity contribution in [2.45, 2.75) is 119 Å². The van der Waals surface area contributed by atoms with E-state index in [0.717, 1.165) is 24.8 Å². The summed E-state index contributed by atoms with van der Waals surface area (Å²) in [6.45, 7) is 18.3. The lowest BCUT2D eigenvalue weighted by atomic mass is 9.40. The molecule has 42 heavy (non-hydrogen) atoms. The van der Waals surface area contributed by atoms with Crippen molar-refractivity contribution in [3.63, 3.8) is 0 Å². The molecular formula is C38H52O4. The van der Waals surface area contributed by atoms with Crippen molar-refractivity contribution < 1.29 is 19.4 Å². The minimum atomic E-state index is -1.22. The number of carbonyl (C=O) groups excluding carboxylic acids is 2. The minimum absolute atomic E-state index is 0.00537. The van der Waals surface area contributed by atoms with E-state index in [9.17, 15) is 9.90 Å². The van der Waals surface area contributed by atoms with Crippen LogP contribution in [0.25, 0.3) is 0 Å². The van der Waals surface area contributed by atoms with Gasteiger partial charge in [-0.2, -0.15) is 0 Å². The van der Waals surface area contributed by atoms with Crippen LogP contribution in [0.2, 0.25) is 0 Å². The maximum Gasteiger partial charge on any atom is 0.176 e. The molecule has 1 fully saturated rings. The molecule has 1 N–H and O–H groups in total. The van der Waals surface area contributed by atoms with E-state index in [1.807, 2.05) is 30.3 Å². The Hall–Kier alpha value is -2.72. The Bertz CT molecular complexity index is 1320. The van der Waals surface area contributed by atoms with Gasteiger partial charge in [0.25, 0.3) is 0 Å². The summed E-state index contributed by atoms with van der Waals surface area (Å²) in [4.78, 5) is 30.3. The number of hydrogen-bond acceptors (Lipinski definition) is 4. The fourth-order valence-electron chi connectivity index (χ4n) is 7.55. The average Bonchev–Trinajstić information content (AvgIpc) is 3.37. The van der Waals surface area contributed by atoms with Gasteiger partial charge in [-0.1, -0.05) is 79.1 Å². The van der Waals surface area contributed by atoms with Crippen molar-refractivity contribution in [1.29, 1.82) is 0 Å². The number of rotatable bonds is 10. The normalized spacial score (nSPS) is 28.8. The number of carbonyl (C=O) groups is 2. The third-order valence-electron chi connectivity index (χ3n) is 10.4. The first-order valence-electron chi connectivity index (χ1n) is 15.7. The second kappa shape index (κ2) is 11.8. The van der Waals surface area contributed by atoms with Crippen LogP contribution in [-0.4, -0.2) is 28.4 Å². The predicted octanol–water partition coefficient (Wildman–Crippen LogP) is 8.65. The lowest BCUT2D eigenvalue weighted by molar-refractivity contribution is -0.173. The van der Waals surface area contributed by atoms with E-state index >= 15 is 4.79 Å². The highest BCUT2D eigenvalue weighted by Crippen LogP contribution is 2.68. The van der Waals surface area contributed by atoms with Gasteiger partial charge >= 0.3 is 0 Å². The molecular weight excluding hydrogens is 520 g/mol. The molecule has 1 heterocycles. The SMILES string of the molecule is CC(C)=CCC/C(C)=C/C[C@]12CC(CC=C(C)C)C(C)(C)[C@](Cc3ccccc3)(C(=O)C3=C1OC(C(C)(C)O)C3)C2=O. The Morgan fingerprint density at radius 2 is 1.64 bits per heavy atom. The van der Waals surface area contributed by atoms with Crippen LogP contribution < -0.4 is 0 Å². The van der Waals surface area contributed by atoms with Gasteiger partial charge in [0, 0.05) is 12.0 Å². The summed E-state index contributed by atoms with van der Waals surface area (Å²) < 4.78 is 6.58.